The quantitative estimate of drug-likeness (QED) is 0.131. The largest absolute Gasteiger partial charge is 0.416 e. The Hall–Kier alpha value is -4.14. The van der Waals surface area contributed by atoms with Gasteiger partial charge in [-0.25, -0.2) is 19.5 Å². The van der Waals surface area contributed by atoms with Gasteiger partial charge in [0, 0.05) is 11.6 Å². The van der Waals surface area contributed by atoms with E-state index in [0.717, 1.165) is 28.8 Å². The Morgan fingerprint density at radius 1 is 1.05 bits per heavy atom. The number of nitrogens with one attached hydrogen (secondary N) is 2. The van der Waals surface area contributed by atoms with Gasteiger partial charge in [0.15, 0.2) is 11.0 Å². The maximum atomic E-state index is 14.1. The van der Waals surface area contributed by atoms with Crippen LogP contribution in [0, 0.1) is 5.82 Å². The van der Waals surface area contributed by atoms with E-state index in [9.17, 15) is 22.4 Å². The summed E-state index contributed by atoms with van der Waals surface area (Å²) in [5, 5.41) is 4.86. The SMILES string of the molecule is CC(C)c1ccc(F)cc1N1C(=O)CSC1=NC(=S)NNC(C)c1ccc(-c2ncn(-c3ccc(C(F)(F)F)cc3)n2)cc1. The molecule has 0 spiro atoms. The van der Waals surface area contributed by atoms with Crippen LogP contribution < -0.4 is 15.8 Å². The summed E-state index contributed by atoms with van der Waals surface area (Å²) in [6, 6.07) is 16.3. The van der Waals surface area contributed by atoms with Crippen molar-refractivity contribution in [3.63, 3.8) is 0 Å². The summed E-state index contributed by atoms with van der Waals surface area (Å²) in [6.07, 6.45) is -2.97. The number of rotatable bonds is 7. The first-order valence-corrected chi connectivity index (χ1v) is 14.9. The lowest BCUT2D eigenvalue weighted by Crippen LogP contribution is -2.38. The van der Waals surface area contributed by atoms with Crippen molar-refractivity contribution in [2.24, 2.45) is 4.99 Å². The van der Waals surface area contributed by atoms with Crippen molar-refractivity contribution < 1.29 is 22.4 Å². The van der Waals surface area contributed by atoms with E-state index >= 15 is 0 Å². The molecule has 0 saturated carbocycles. The fourth-order valence-corrected chi connectivity index (χ4v) is 5.56. The van der Waals surface area contributed by atoms with Gasteiger partial charge in [-0.1, -0.05) is 55.9 Å². The Morgan fingerprint density at radius 3 is 2.41 bits per heavy atom. The highest BCUT2D eigenvalue weighted by Crippen LogP contribution is 2.34. The number of hydrogen-bond donors (Lipinski definition) is 2. The number of alkyl halides is 3. The minimum Gasteiger partial charge on any atom is -0.296 e. The van der Waals surface area contributed by atoms with Crippen LogP contribution in [0.3, 0.4) is 0 Å². The predicted molar refractivity (Wildman–Crippen MR) is 167 cm³/mol. The number of hydrogen-bond acceptors (Lipinski definition) is 6. The van der Waals surface area contributed by atoms with E-state index in [4.69, 9.17) is 12.2 Å². The number of hydrazine groups is 1. The van der Waals surface area contributed by atoms with Crippen LogP contribution in [0.4, 0.5) is 23.2 Å². The van der Waals surface area contributed by atoms with Crippen molar-refractivity contribution in [3.05, 3.63) is 95.6 Å². The highest BCUT2D eigenvalue weighted by atomic mass is 32.2. The van der Waals surface area contributed by atoms with Crippen molar-refractivity contribution in [1.82, 2.24) is 25.6 Å². The van der Waals surface area contributed by atoms with Gasteiger partial charge in [-0.3, -0.25) is 15.1 Å². The average Bonchev–Trinajstić information content (AvgIpc) is 3.62. The number of thioether (sulfide) groups is 1. The highest BCUT2D eigenvalue weighted by molar-refractivity contribution is 8.15. The monoisotopic (exact) mass is 641 g/mol. The second-order valence-corrected chi connectivity index (χ2v) is 11.6. The number of benzene rings is 3. The standard InChI is InChI=1S/C30H27F4N7OS2/c1-17(2)24-13-10-22(31)14-25(24)41-26(42)15-44-29(41)36-28(43)38-37-18(3)19-4-6-20(7-5-19)27-35-16-40(39-27)23-11-8-21(9-12-23)30(32,33)34/h4-14,16-18,37H,15H2,1-3H3,(H,38,43). The van der Waals surface area contributed by atoms with Gasteiger partial charge in [0.1, 0.15) is 12.1 Å². The maximum absolute atomic E-state index is 14.1. The normalized spacial score (nSPS) is 15.3. The van der Waals surface area contributed by atoms with Crippen molar-refractivity contribution in [1.29, 1.82) is 0 Å². The third kappa shape index (κ3) is 6.98. The number of aromatic nitrogens is 3. The summed E-state index contributed by atoms with van der Waals surface area (Å²) < 4.78 is 54.1. The molecule has 0 aliphatic carbocycles. The first-order chi connectivity index (χ1) is 20.9. The fourth-order valence-electron chi connectivity index (χ4n) is 4.49. The first-order valence-electron chi connectivity index (χ1n) is 13.5. The molecule has 14 heteroatoms. The number of nitrogens with zero attached hydrogens (tertiary/aromatic N) is 5. The Bertz CT molecular complexity index is 1700. The number of halogens is 4. The Balaban J connectivity index is 1.22. The summed E-state index contributed by atoms with van der Waals surface area (Å²) >= 11 is 6.63. The lowest BCUT2D eigenvalue weighted by atomic mass is 10.0. The summed E-state index contributed by atoms with van der Waals surface area (Å²) in [7, 11) is 0. The third-order valence-corrected chi connectivity index (χ3v) is 7.95. The molecule has 1 aliphatic heterocycles. The molecule has 44 heavy (non-hydrogen) atoms. The zero-order chi connectivity index (χ0) is 31.6. The van der Waals surface area contributed by atoms with Crippen LogP contribution in [-0.4, -0.2) is 36.7 Å². The van der Waals surface area contributed by atoms with Crippen molar-refractivity contribution in [2.45, 2.75) is 38.9 Å². The van der Waals surface area contributed by atoms with Crippen LogP contribution in [0.25, 0.3) is 17.1 Å². The molecule has 0 radical (unpaired) electrons. The minimum atomic E-state index is -4.41. The van der Waals surface area contributed by atoms with E-state index < -0.39 is 17.6 Å². The second kappa shape index (κ2) is 12.8. The molecule has 1 saturated heterocycles. The molecular weight excluding hydrogens is 615 g/mol. The number of carbonyl (C=O) groups excluding carboxylic acids is 1. The summed E-state index contributed by atoms with van der Waals surface area (Å²) in [5.41, 5.74) is 8.62. The number of amidine groups is 1. The minimum absolute atomic E-state index is 0.0646. The van der Waals surface area contributed by atoms with Crippen LogP contribution in [0.2, 0.25) is 0 Å². The molecule has 1 unspecified atom stereocenters. The molecule has 8 nitrogen and oxygen atoms in total. The number of anilines is 1. The molecule has 2 N–H and O–H groups in total. The Morgan fingerprint density at radius 2 is 1.75 bits per heavy atom. The molecular formula is C30H27F4N7OS2. The van der Waals surface area contributed by atoms with Gasteiger partial charge >= 0.3 is 6.18 Å². The zero-order valence-electron chi connectivity index (χ0n) is 23.8. The molecule has 228 valence electrons. The molecule has 0 bridgehead atoms. The zero-order valence-corrected chi connectivity index (χ0v) is 25.4. The fraction of sp³-hybridized carbons (Fsp3) is 0.233. The van der Waals surface area contributed by atoms with E-state index in [-0.39, 0.29) is 28.7 Å². The molecule has 1 aliphatic rings. The van der Waals surface area contributed by atoms with E-state index in [1.54, 1.807) is 6.07 Å². The van der Waals surface area contributed by atoms with Gasteiger partial charge in [0.05, 0.1) is 22.7 Å². The second-order valence-electron chi connectivity index (χ2n) is 10.2. The van der Waals surface area contributed by atoms with Gasteiger partial charge in [-0.05, 0) is 72.6 Å². The van der Waals surface area contributed by atoms with Gasteiger partial charge in [0.2, 0.25) is 11.0 Å². The topological polar surface area (TPSA) is 87.4 Å². The summed E-state index contributed by atoms with van der Waals surface area (Å²) in [4.78, 5) is 22.8. The van der Waals surface area contributed by atoms with Gasteiger partial charge in [-0.2, -0.15) is 18.2 Å². The molecule has 4 aromatic rings. The molecule has 1 amide bonds. The van der Waals surface area contributed by atoms with Crippen LogP contribution in [-0.2, 0) is 11.0 Å². The predicted octanol–water partition coefficient (Wildman–Crippen LogP) is 6.79. The third-order valence-electron chi connectivity index (χ3n) is 6.83. The average molecular weight is 642 g/mol. The van der Waals surface area contributed by atoms with Crippen LogP contribution >= 0.6 is 24.0 Å². The molecule has 1 atom stereocenters. The van der Waals surface area contributed by atoms with Crippen molar-refractivity contribution in [3.8, 4) is 17.1 Å². The van der Waals surface area contributed by atoms with Crippen LogP contribution in [0.1, 0.15) is 49.4 Å². The van der Waals surface area contributed by atoms with Crippen LogP contribution in [0.15, 0.2) is 78.0 Å². The number of carbonyl (C=O) groups is 1. The molecule has 1 aromatic heterocycles. The number of thiocarbonyl (C=S) groups is 1. The Labute approximate surface area is 260 Å². The molecule has 5 rings (SSSR count). The van der Waals surface area contributed by atoms with Crippen molar-refractivity contribution in [2.75, 3.05) is 10.7 Å². The number of amides is 1. The van der Waals surface area contributed by atoms with E-state index in [0.29, 0.717) is 22.4 Å². The van der Waals surface area contributed by atoms with Gasteiger partial charge in [-0.15, -0.1) is 5.10 Å². The maximum Gasteiger partial charge on any atom is 0.416 e. The first kappa shape index (κ1) is 31.3. The number of aliphatic imine (C=N–C) groups is 1. The smallest absolute Gasteiger partial charge is 0.296 e. The van der Waals surface area contributed by atoms with E-state index in [1.807, 2.05) is 45.0 Å². The lowest BCUT2D eigenvalue weighted by Gasteiger charge is -2.22. The summed E-state index contributed by atoms with van der Waals surface area (Å²) in [6.45, 7) is 5.85. The van der Waals surface area contributed by atoms with Crippen LogP contribution in [0.5, 0.6) is 0 Å². The van der Waals surface area contributed by atoms with Gasteiger partial charge < -0.3 is 0 Å². The highest BCUT2D eigenvalue weighted by Gasteiger charge is 2.32. The molecule has 2 heterocycles. The van der Waals surface area contributed by atoms with E-state index in [1.165, 1.54) is 51.9 Å². The molecule has 3 aromatic carbocycles. The van der Waals surface area contributed by atoms with E-state index in [2.05, 4.69) is 25.9 Å². The molecule has 1 fully saturated rings. The summed E-state index contributed by atoms with van der Waals surface area (Å²) in [5.74, 6) is 0.000413. The van der Waals surface area contributed by atoms with Gasteiger partial charge in [0.25, 0.3) is 0 Å². The Kier molecular flexibility index (Phi) is 9.13. The lowest BCUT2D eigenvalue weighted by molar-refractivity contribution is -0.137. The van der Waals surface area contributed by atoms with Crippen molar-refractivity contribution >= 4 is 45.9 Å².